The van der Waals surface area contributed by atoms with Crippen LogP contribution < -0.4 is 0 Å². The van der Waals surface area contributed by atoms with Crippen LogP contribution in [0.1, 0.15) is 0 Å². The summed E-state index contributed by atoms with van der Waals surface area (Å²) in [6, 6.07) is 10.1. The monoisotopic (exact) mass is 402 g/mol. The fourth-order valence-electron chi connectivity index (χ4n) is 1.75. The second-order valence-corrected chi connectivity index (χ2v) is 6.13. The first-order chi connectivity index (χ1) is 7.65. The standard InChI is InChI=1S/C12H5Br3O/c13-6-1-2-7-8-4-9(14)10(15)5-12(8)16-11(7)3-6/h1-5H. The minimum atomic E-state index is 0.892. The second-order valence-electron chi connectivity index (χ2n) is 3.51. The van der Waals surface area contributed by atoms with E-state index in [1.165, 1.54) is 0 Å². The number of rotatable bonds is 0. The van der Waals surface area contributed by atoms with E-state index in [0.717, 1.165) is 35.4 Å². The molecular weight excluding hydrogens is 400 g/mol. The first-order valence-electron chi connectivity index (χ1n) is 4.62. The Morgan fingerprint density at radius 2 is 1.44 bits per heavy atom. The lowest BCUT2D eigenvalue weighted by atomic mass is 10.2. The van der Waals surface area contributed by atoms with Gasteiger partial charge in [0.15, 0.2) is 0 Å². The highest BCUT2D eigenvalue weighted by Gasteiger charge is 2.09. The van der Waals surface area contributed by atoms with Gasteiger partial charge in [0.25, 0.3) is 0 Å². The Balaban J connectivity index is 2.51. The van der Waals surface area contributed by atoms with Crippen LogP contribution in [-0.4, -0.2) is 0 Å². The molecule has 0 aliphatic carbocycles. The second kappa shape index (κ2) is 3.86. The van der Waals surface area contributed by atoms with Crippen LogP contribution in [0.15, 0.2) is 48.2 Å². The summed E-state index contributed by atoms with van der Waals surface area (Å²) in [4.78, 5) is 0. The van der Waals surface area contributed by atoms with Gasteiger partial charge in [-0.2, -0.15) is 0 Å². The lowest BCUT2D eigenvalue weighted by Gasteiger charge is -1.95. The van der Waals surface area contributed by atoms with Crippen molar-refractivity contribution in [3.8, 4) is 0 Å². The summed E-state index contributed by atoms with van der Waals surface area (Å²) in [6.45, 7) is 0. The van der Waals surface area contributed by atoms with Crippen LogP contribution in [0.5, 0.6) is 0 Å². The molecule has 0 bridgehead atoms. The lowest BCUT2D eigenvalue weighted by molar-refractivity contribution is 0.668. The van der Waals surface area contributed by atoms with E-state index in [1.54, 1.807) is 0 Å². The molecule has 16 heavy (non-hydrogen) atoms. The SMILES string of the molecule is Brc1ccc2c(c1)oc1cc(Br)c(Br)cc12. The number of halogens is 3. The van der Waals surface area contributed by atoms with E-state index < -0.39 is 0 Å². The smallest absolute Gasteiger partial charge is 0.136 e. The highest BCUT2D eigenvalue weighted by Crippen LogP contribution is 2.35. The predicted octanol–water partition coefficient (Wildman–Crippen LogP) is 5.87. The molecule has 0 spiro atoms. The molecular formula is C12H5Br3O. The van der Waals surface area contributed by atoms with Gasteiger partial charge in [0, 0.05) is 24.2 Å². The van der Waals surface area contributed by atoms with Crippen molar-refractivity contribution < 1.29 is 4.42 Å². The summed E-state index contributed by atoms with van der Waals surface area (Å²) in [7, 11) is 0. The molecule has 1 aromatic heterocycles. The first kappa shape index (κ1) is 10.8. The van der Waals surface area contributed by atoms with Crippen molar-refractivity contribution in [2.75, 3.05) is 0 Å². The molecule has 0 saturated heterocycles. The summed E-state index contributed by atoms with van der Waals surface area (Å²) in [6.07, 6.45) is 0. The van der Waals surface area contributed by atoms with Crippen molar-refractivity contribution in [3.05, 3.63) is 43.7 Å². The average molecular weight is 405 g/mol. The fourth-order valence-corrected chi connectivity index (χ4v) is 2.75. The van der Waals surface area contributed by atoms with Gasteiger partial charge in [-0.05, 0) is 62.2 Å². The number of hydrogen-bond donors (Lipinski definition) is 0. The molecule has 4 heteroatoms. The normalized spacial score (nSPS) is 11.4. The third-order valence-electron chi connectivity index (χ3n) is 2.48. The van der Waals surface area contributed by atoms with Crippen molar-refractivity contribution in [1.82, 2.24) is 0 Å². The van der Waals surface area contributed by atoms with Gasteiger partial charge >= 0.3 is 0 Å². The van der Waals surface area contributed by atoms with Crippen molar-refractivity contribution in [3.63, 3.8) is 0 Å². The van der Waals surface area contributed by atoms with Gasteiger partial charge in [-0.1, -0.05) is 15.9 Å². The third-order valence-corrected chi connectivity index (χ3v) is 4.81. The van der Waals surface area contributed by atoms with E-state index in [0.29, 0.717) is 0 Å². The molecule has 0 atom stereocenters. The van der Waals surface area contributed by atoms with E-state index in [4.69, 9.17) is 4.42 Å². The molecule has 3 aromatic rings. The molecule has 0 aliphatic rings. The fraction of sp³-hybridized carbons (Fsp3) is 0. The maximum Gasteiger partial charge on any atom is 0.136 e. The molecule has 0 saturated carbocycles. The van der Waals surface area contributed by atoms with Gasteiger partial charge < -0.3 is 4.42 Å². The summed E-state index contributed by atoms with van der Waals surface area (Å²) in [5.74, 6) is 0. The molecule has 3 rings (SSSR count). The zero-order valence-electron chi connectivity index (χ0n) is 7.93. The predicted molar refractivity (Wildman–Crippen MR) is 76.8 cm³/mol. The Kier molecular flexibility index (Phi) is 2.61. The maximum absolute atomic E-state index is 5.79. The molecule has 1 nitrogen and oxygen atoms in total. The lowest BCUT2D eigenvalue weighted by Crippen LogP contribution is -1.70. The van der Waals surface area contributed by atoms with E-state index in [9.17, 15) is 0 Å². The van der Waals surface area contributed by atoms with Gasteiger partial charge in [0.2, 0.25) is 0 Å². The number of furan rings is 1. The van der Waals surface area contributed by atoms with E-state index in [1.807, 2.05) is 18.2 Å². The Morgan fingerprint density at radius 3 is 2.25 bits per heavy atom. The van der Waals surface area contributed by atoms with Gasteiger partial charge in [-0.3, -0.25) is 0 Å². The van der Waals surface area contributed by atoms with E-state index in [-0.39, 0.29) is 0 Å². The molecule has 0 amide bonds. The molecule has 1 heterocycles. The van der Waals surface area contributed by atoms with E-state index >= 15 is 0 Å². The first-order valence-corrected chi connectivity index (χ1v) is 7.00. The average Bonchev–Trinajstić information content (AvgIpc) is 2.55. The van der Waals surface area contributed by atoms with Crippen LogP contribution in [0.4, 0.5) is 0 Å². The molecule has 2 aromatic carbocycles. The highest BCUT2D eigenvalue weighted by molar-refractivity contribution is 9.13. The Labute approximate surface area is 117 Å². The number of hydrogen-bond acceptors (Lipinski definition) is 1. The van der Waals surface area contributed by atoms with Crippen LogP contribution in [0, 0.1) is 0 Å². The molecule has 0 unspecified atom stereocenters. The molecule has 80 valence electrons. The van der Waals surface area contributed by atoms with Crippen LogP contribution in [0.3, 0.4) is 0 Å². The summed E-state index contributed by atoms with van der Waals surface area (Å²) >= 11 is 10.4. The summed E-state index contributed by atoms with van der Waals surface area (Å²) in [5.41, 5.74) is 1.79. The topological polar surface area (TPSA) is 13.1 Å². The van der Waals surface area contributed by atoms with Crippen molar-refractivity contribution in [2.45, 2.75) is 0 Å². The maximum atomic E-state index is 5.79. The van der Waals surface area contributed by atoms with Crippen LogP contribution >= 0.6 is 47.8 Å². The minimum absolute atomic E-state index is 0.892. The quantitative estimate of drug-likeness (QED) is 0.456. The Bertz CT molecular complexity index is 700. The third kappa shape index (κ3) is 1.63. The van der Waals surface area contributed by atoms with Gasteiger partial charge in [-0.15, -0.1) is 0 Å². The summed E-state index contributed by atoms with van der Waals surface area (Å²) in [5, 5.41) is 2.25. The molecule has 0 N–H and O–H groups in total. The molecule has 0 radical (unpaired) electrons. The Hall–Kier alpha value is -0.320. The van der Waals surface area contributed by atoms with Gasteiger partial charge in [0.1, 0.15) is 11.2 Å². The molecule has 0 fully saturated rings. The van der Waals surface area contributed by atoms with Crippen LogP contribution in [0.25, 0.3) is 21.9 Å². The zero-order chi connectivity index (χ0) is 11.3. The van der Waals surface area contributed by atoms with Crippen LogP contribution in [-0.2, 0) is 0 Å². The van der Waals surface area contributed by atoms with Crippen molar-refractivity contribution in [1.29, 1.82) is 0 Å². The van der Waals surface area contributed by atoms with E-state index in [2.05, 4.69) is 59.9 Å². The highest BCUT2D eigenvalue weighted by atomic mass is 79.9. The zero-order valence-corrected chi connectivity index (χ0v) is 12.7. The van der Waals surface area contributed by atoms with Crippen LogP contribution in [0.2, 0.25) is 0 Å². The number of benzene rings is 2. The number of fused-ring (bicyclic) bond motifs is 3. The van der Waals surface area contributed by atoms with Crippen molar-refractivity contribution >= 4 is 69.7 Å². The van der Waals surface area contributed by atoms with Gasteiger partial charge in [0.05, 0.1) is 0 Å². The molecule has 0 aliphatic heterocycles. The summed E-state index contributed by atoms with van der Waals surface area (Å²) < 4.78 is 8.84. The minimum Gasteiger partial charge on any atom is -0.456 e. The van der Waals surface area contributed by atoms with Gasteiger partial charge in [-0.25, -0.2) is 0 Å². The van der Waals surface area contributed by atoms with Crippen molar-refractivity contribution in [2.24, 2.45) is 0 Å². The Morgan fingerprint density at radius 1 is 0.750 bits per heavy atom. The largest absolute Gasteiger partial charge is 0.456 e.